The Morgan fingerprint density at radius 1 is 1.03 bits per heavy atom. The summed E-state index contributed by atoms with van der Waals surface area (Å²) in [7, 11) is 1.50. The highest BCUT2D eigenvalue weighted by Crippen LogP contribution is 2.24. The van der Waals surface area contributed by atoms with Crippen molar-refractivity contribution in [3.8, 4) is 11.3 Å². The van der Waals surface area contributed by atoms with Gasteiger partial charge in [-0.25, -0.2) is 9.97 Å². The van der Waals surface area contributed by atoms with Gasteiger partial charge in [-0.15, -0.1) is 0 Å². The number of amides is 2. The summed E-state index contributed by atoms with van der Waals surface area (Å²) in [5.41, 5.74) is 9.77. The van der Waals surface area contributed by atoms with E-state index in [4.69, 9.17) is 5.73 Å². The van der Waals surface area contributed by atoms with Crippen molar-refractivity contribution in [3.05, 3.63) is 71.5 Å². The van der Waals surface area contributed by atoms with Crippen LogP contribution in [0, 0.1) is 0 Å². The molecule has 1 aliphatic heterocycles. The van der Waals surface area contributed by atoms with Gasteiger partial charge in [0.05, 0.1) is 11.9 Å². The van der Waals surface area contributed by atoms with Gasteiger partial charge < -0.3 is 21.3 Å². The SMILES string of the molecule is CNC(=O)c1nc(-c2cccc(C(=O)NCc3ccccc3N3CCCCC3)c2)cnc1N. The molecule has 1 aliphatic rings. The van der Waals surface area contributed by atoms with Gasteiger partial charge in [0.2, 0.25) is 0 Å². The van der Waals surface area contributed by atoms with Crippen molar-refractivity contribution in [3.63, 3.8) is 0 Å². The predicted molar refractivity (Wildman–Crippen MR) is 129 cm³/mol. The van der Waals surface area contributed by atoms with Crippen molar-refractivity contribution in [2.24, 2.45) is 0 Å². The van der Waals surface area contributed by atoms with E-state index in [1.165, 1.54) is 38.2 Å². The van der Waals surface area contributed by atoms with E-state index in [0.717, 1.165) is 18.7 Å². The lowest BCUT2D eigenvalue weighted by atomic mass is 10.1. The average molecular weight is 445 g/mol. The second-order valence-corrected chi connectivity index (χ2v) is 8.01. The topological polar surface area (TPSA) is 113 Å². The minimum absolute atomic E-state index is 0.0548. The number of rotatable bonds is 6. The molecule has 0 saturated carbocycles. The Labute approximate surface area is 193 Å². The molecular weight excluding hydrogens is 416 g/mol. The molecule has 0 atom stereocenters. The summed E-state index contributed by atoms with van der Waals surface area (Å²) >= 11 is 0. The van der Waals surface area contributed by atoms with E-state index >= 15 is 0 Å². The van der Waals surface area contributed by atoms with Crippen LogP contribution < -0.4 is 21.3 Å². The van der Waals surface area contributed by atoms with Gasteiger partial charge in [-0.2, -0.15) is 0 Å². The Kier molecular flexibility index (Phi) is 6.83. The average Bonchev–Trinajstić information content (AvgIpc) is 2.88. The third kappa shape index (κ3) is 5.11. The van der Waals surface area contributed by atoms with Crippen LogP contribution in [0.5, 0.6) is 0 Å². The molecule has 0 unspecified atom stereocenters. The number of benzene rings is 2. The normalized spacial score (nSPS) is 13.4. The van der Waals surface area contributed by atoms with Gasteiger partial charge >= 0.3 is 0 Å². The molecule has 33 heavy (non-hydrogen) atoms. The molecule has 8 nitrogen and oxygen atoms in total. The number of nitrogens with one attached hydrogen (secondary N) is 2. The molecule has 4 rings (SSSR count). The van der Waals surface area contributed by atoms with Crippen LogP contribution in [-0.2, 0) is 6.54 Å². The Morgan fingerprint density at radius 3 is 2.61 bits per heavy atom. The van der Waals surface area contributed by atoms with Crippen LogP contribution in [0.3, 0.4) is 0 Å². The highest BCUT2D eigenvalue weighted by Gasteiger charge is 2.16. The minimum Gasteiger partial charge on any atom is -0.382 e. The number of piperidine rings is 1. The third-order valence-electron chi connectivity index (χ3n) is 5.79. The molecule has 0 aliphatic carbocycles. The second-order valence-electron chi connectivity index (χ2n) is 8.01. The van der Waals surface area contributed by atoms with Gasteiger partial charge in [0.1, 0.15) is 0 Å². The van der Waals surface area contributed by atoms with Crippen molar-refractivity contribution in [2.45, 2.75) is 25.8 Å². The van der Waals surface area contributed by atoms with E-state index < -0.39 is 5.91 Å². The van der Waals surface area contributed by atoms with Crippen molar-refractivity contribution < 1.29 is 9.59 Å². The first-order valence-corrected chi connectivity index (χ1v) is 11.1. The molecule has 4 N–H and O–H groups in total. The fourth-order valence-electron chi connectivity index (χ4n) is 4.02. The van der Waals surface area contributed by atoms with Gasteiger partial charge in [0.25, 0.3) is 11.8 Å². The molecule has 0 radical (unpaired) electrons. The lowest BCUT2D eigenvalue weighted by Crippen LogP contribution is -2.31. The number of nitrogen functional groups attached to an aromatic ring is 1. The molecule has 0 bridgehead atoms. The van der Waals surface area contributed by atoms with Crippen LogP contribution in [0.1, 0.15) is 45.7 Å². The smallest absolute Gasteiger partial charge is 0.273 e. The molecule has 170 valence electrons. The molecule has 1 saturated heterocycles. The summed E-state index contributed by atoms with van der Waals surface area (Å²) in [6.07, 6.45) is 5.16. The molecule has 8 heteroatoms. The highest BCUT2D eigenvalue weighted by molar-refractivity contribution is 5.97. The largest absolute Gasteiger partial charge is 0.382 e. The maximum absolute atomic E-state index is 12.9. The van der Waals surface area contributed by atoms with Crippen LogP contribution in [0.2, 0.25) is 0 Å². The first-order valence-electron chi connectivity index (χ1n) is 11.1. The molecule has 2 aromatic carbocycles. The zero-order valence-electron chi connectivity index (χ0n) is 18.7. The molecule has 1 fully saturated rings. The Hall–Kier alpha value is -3.94. The van der Waals surface area contributed by atoms with Crippen LogP contribution >= 0.6 is 0 Å². The lowest BCUT2D eigenvalue weighted by molar-refractivity contribution is 0.0945. The number of anilines is 2. The number of para-hydroxylation sites is 1. The Morgan fingerprint density at radius 2 is 1.82 bits per heavy atom. The molecule has 3 aromatic rings. The van der Waals surface area contributed by atoms with Crippen molar-refractivity contribution in [2.75, 3.05) is 30.8 Å². The molecule has 0 spiro atoms. The first-order chi connectivity index (χ1) is 16.1. The number of nitrogens with zero attached hydrogens (tertiary/aromatic N) is 3. The summed E-state index contributed by atoms with van der Waals surface area (Å²) in [5, 5.41) is 5.54. The lowest BCUT2D eigenvalue weighted by Gasteiger charge is -2.30. The van der Waals surface area contributed by atoms with Gasteiger partial charge in [0.15, 0.2) is 11.5 Å². The van der Waals surface area contributed by atoms with Crippen LogP contribution in [0.25, 0.3) is 11.3 Å². The summed E-state index contributed by atoms with van der Waals surface area (Å²) in [4.78, 5) is 35.7. The van der Waals surface area contributed by atoms with Gasteiger partial charge in [-0.1, -0.05) is 30.3 Å². The van der Waals surface area contributed by atoms with E-state index in [1.54, 1.807) is 18.2 Å². The Bertz CT molecular complexity index is 1160. The predicted octanol–water partition coefficient (Wildman–Crippen LogP) is 3.01. The van der Waals surface area contributed by atoms with Crippen molar-refractivity contribution in [1.29, 1.82) is 0 Å². The van der Waals surface area contributed by atoms with Gasteiger partial charge in [0, 0.05) is 43.5 Å². The zero-order valence-corrected chi connectivity index (χ0v) is 18.7. The number of carbonyl (C=O) groups is 2. The standard InChI is InChI=1S/C25H28N6O2/c1-27-25(33)22-23(26)28-16-20(30-22)17-9-7-10-18(14-17)24(32)29-15-19-8-3-4-11-21(19)31-12-5-2-6-13-31/h3-4,7-11,14,16H,2,5-6,12-13,15H2,1H3,(H2,26,28)(H,27,33)(H,29,32). The molecular formula is C25H28N6O2. The maximum atomic E-state index is 12.9. The number of hydrogen-bond donors (Lipinski definition) is 3. The van der Waals surface area contributed by atoms with E-state index in [0.29, 0.717) is 23.4 Å². The summed E-state index contributed by atoms with van der Waals surface area (Å²) in [5.74, 6) is -0.539. The summed E-state index contributed by atoms with van der Waals surface area (Å²) < 4.78 is 0. The van der Waals surface area contributed by atoms with Crippen LogP contribution in [0.4, 0.5) is 11.5 Å². The van der Waals surface area contributed by atoms with Crippen molar-refractivity contribution >= 4 is 23.3 Å². The van der Waals surface area contributed by atoms with E-state index in [9.17, 15) is 9.59 Å². The first kappa shape index (κ1) is 22.3. The number of nitrogens with two attached hydrogens (primary N) is 1. The van der Waals surface area contributed by atoms with Crippen molar-refractivity contribution in [1.82, 2.24) is 20.6 Å². The maximum Gasteiger partial charge on any atom is 0.273 e. The zero-order chi connectivity index (χ0) is 23.2. The van der Waals surface area contributed by atoms with E-state index in [1.807, 2.05) is 18.2 Å². The van der Waals surface area contributed by atoms with Gasteiger partial charge in [-0.05, 0) is 43.0 Å². The molecule has 2 heterocycles. The third-order valence-corrected chi connectivity index (χ3v) is 5.79. The number of hydrogen-bond acceptors (Lipinski definition) is 6. The van der Waals surface area contributed by atoms with Crippen LogP contribution in [-0.4, -0.2) is 41.9 Å². The summed E-state index contributed by atoms with van der Waals surface area (Å²) in [6.45, 7) is 2.54. The molecule has 1 aromatic heterocycles. The van der Waals surface area contributed by atoms with Gasteiger partial charge in [-0.3, -0.25) is 9.59 Å². The number of aromatic nitrogens is 2. The second kappa shape index (κ2) is 10.1. The summed E-state index contributed by atoms with van der Waals surface area (Å²) in [6, 6.07) is 15.3. The van der Waals surface area contributed by atoms with E-state index in [2.05, 4.69) is 37.6 Å². The monoisotopic (exact) mass is 444 g/mol. The number of carbonyl (C=O) groups excluding carboxylic acids is 2. The fraction of sp³-hybridized carbons (Fsp3) is 0.280. The quantitative estimate of drug-likeness (QED) is 0.539. The Balaban J connectivity index is 1.50. The molecule has 2 amide bonds. The fourth-order valence-corrected chi connectivity index (χ4v) is 4.02. The highest BCUT2D eigenvalue weighted by atomic mass is 16.2. The van der Waals surface area contributed by atoms with Crippen LogP contribution in [0.15, 0.2) is 54.7 Å². The minimum atomic E-state index is -0.414. The van der Waals surface area contributed by atoms with E-state index in [-0.39, 0.29) is 17.4 Å².